The lowest BCUT2D eigenvalue weighted by Crippen LogP contribution is -2.32. The molecule has 6 nitrogen and oxygen atoms in total. The molecule has 0 aliphatic heterocycles. The normalized spacial score (nSPS) is 11.8. The fourth-order valence-electron chi connectivity index (χ4n) is 2.50. The van der Waals surface area contributed by atoms with Crippen molar-refractivity contribution in [1.82, 2.24) is 4.90 Å². The minimum Gasteiger partial charge on any atom is -0.396 e. The van der Waals surface area contributed by atoms with Gasteiger partial charge in [0.15, 0.2) is 0 Å². The lowest BCUT2D eigenvalue weighted by atomic mass is 10.0. The van der Waals surface area contributed by atoms with Crippen molar-refractivity contribution in [2.75, 3.05) is 13.7 Å². The Morgan fingerprint density at radius 2 is 1.96 bits per heavy atom. The van der Waals surface area contributed by atoms with Crippen LogP contribution in [-0.2, 0) is 0 Å². The van der Waals surface area contributed by atoms with Crippen molar-refractivity contribution in [3.8, 4) is 0 Å². The molecule has 0 saturated heterocycles. The van der Waals surface area contributed by atoms with E-state index in [0.29, 0.717) is 6.42 Å². The summed E-state index contributed by atoms with van der Waals surface area (Å²) in [6, 6.07) is 12.7. The average Bonchev–Trinajstić information content (AvgIpc) is 2.59. The first-order valence-corrected chi connectivity index (χ1v) is 7.70. The molecule has 0 bridgehead atoms. The van der Waals surface area contributed by atoms with Crippen LogP contribution in [0, 0.1) is 10.1 Å². The minimum atomic E-state index is -0.574. The van der Waals surface area contributed by atoms with E-state index in [1.165, 1.54) is 23.1 Å². The molecule has 2 rings (SSSR count). The molecule has 0 saturated carbocycles. The topological polar surface area (TPSA) is 83.7 Å². The Balaban J connectivity index is 2.36. The van der Waals surface area contributed by atoms with Gasteiger partial charge in [-0.25, -0.2) is 0 Å². The molecule has 2 aromatic carbocycles. The van der Waals surface area contributed by atoms with Gasteiger partial charge in [0.25, 0.3) is 11.6 Å². The Morgan fingerprint density at radius 3 is 2.54 bits per heavy atom. The number of aliphatic hydroxyl groups is 1. The van der Waals surface area contributed by atoms with Gasteiger partial charge in [0.2, 0.25) is 0 Å². The molecule has 1 atom stereocenters. The lowest BCUT2D eigenvalue weighted by molar-refractivity contribution is -0.384. The molecule has 0 fully saturated rings. The maximum Gasteiger partial charge on any atom is 0.270 e. The first kappa shape index (κ1) is 17.9. The molecule has 2 aromatic rings. The Labute approximate surface area is 144 Å². The number of halogens is 1. The van der Waals surface area contributed by atoms with E-state index in [4.69, 9.17) is 11.6 Å². The van der Waals surface area contributed by atoms with E-state index in [2.05, 4.69) is 0 Å². The molecule has 1 N–H and O–H groups in total. The molecular weight excluding hydrogens is 332 g/mol. The molecule has 0 heterocycles. The number of nitro groups is 1. The number of amides is 1. The molecule has 0 radical (unpaired) electrons. The molecule has 1 unspecified atom stereocenters. The number of carbonyl (C=O) groups is 1. The van der Waals surface area contributed by atoms with Gasteiger partial charge < -0.3 is 10.0 Å². The Kier molecular flexibility index (Phi) is 5.89. The van der Waals surface area contributed by atoms with Crippen molar-refractivity contribution in [3.63, 3.8) is 0 Å². The van der Waals surface area contributed by atoms with Crippen LogP contribution in [0.4, 0.5) is 5.69 Å². The van der Waals surface area contributed by atoms with E-state index in [-0.39, 0.29) is 28.9 Å². The van der Waals surface area contributed by atoms with E-state index in [1.54, 1.807) is 7.05 Å². The summed E-state index contributed by atoms with van der Waals surface area (Å²) in [5, 5.41) is 20.4. The van der Waals surface area contributed by atoms with Gasteiger partial charge in [-0.15, -0.1) is 0 Å². The van der Waals surface area contributed by atoms with Gasteiger partial charge >= 0.3 is 0 Å². The molecule has 7 heteroatoms. The van der Waals surface area contributed by atoms with Crippen molar-refractivity contribution in [1.29, 1.82) is 0 Å². The van der Waals surface area contributed by atoms with Crippen LogP contribution >= 0.6 is 11.6 Å². The van der Waals surface area contributed by atoms with Gasteiger partial charge in [-0.05, 0) is 18.1 Å². The number of rotatable bonds is 6. The van der Waals surface area contributed by atoms with Gasteiger partial charge in [-0.3, -0.25) is 14.9 Å². The van der Waals surface area contributed by atoms with Gasteiger partial charge in [0.05, 0.1) is 21.6 Å². The summed E-state index contributed by atoms with van der Waals surface area (Å²) in [6.45, 7) is -0.0974. The van der Waals surface area contributed by atoms with Gasteiger partial charge in [0.1, 0.15) is 0 Å². The number of carbonyl (C=O) groups excluding carboxylic acids is 1. The van der Waals surface area contributed by atoms with Crippen LogP contribution in [0.3, 0.4) is 0 Å². The summed E-state index contributed by atoms with van der Waals surface area (Å²) in [6.07, 6.45) is 0.346. The summed E-state index contributed by atoms with van der Waals surface area (Å²) in [5.74, 6) is -0.439. The second kappa shape index (κ2) is 7.90. The zero-order chi connectivity index (χ0) is 17.7. The van der Waals surface area contributed by atoms with Gasteiger partial charge in [0, 0.05) is 25.8 Å². The molecule has 0 aliphatic rings. The highest BCUT2D eigenvalue weighted by Crippen LogP contribution is 2.28. The van der Waals surface area contributed by atoms with Crippen LogP contribution in [-0.4, -0.2) is 34.5 Å². The van der Waals surface area contributed by atoms with Crippen LogP contribution < -0.4 is 0 Å². The largest absolute Gasteiger partial charge is 0.396 e. The van der Waals surface area contributed by atoms with Crippen LogP contribution in [0.5, 0.6) is 0 Å². The monoisotopic (exact) mass is 348 g/mol. The fourth-order valence-corrected chi connectivity index (χ4v) is 2.70. The number of benzene rings is 2. The highest BCUT2D eigenvalue weighted by atomic mass is 35.5. The van der Waals surface area contributed by atoms with Crippen molar-refractivity contribution >= 4 is 23.2 Å². The van der Waals surface area contributed by atoms with Crippen molar-refractivity contribution in [2.45, 2.75) is 12.5 Å². The predicted octanol–water partition coefficient (Wildman–Crippen LogP) is 3.44. The van der Waals surface area contributed by atoms with Crippen LogP contribution in [0.2, 0.25) is 5.02 Å². The third kappa shape index (κ3) is 3.90. The van der Waals surface area contributed by atoms with Crippen LogP contribution in [0.1, 0.15) is 28.4 Å². The Hall–Kier alpha value is -2.44. The highest BCUT2D eigenvalue weighted by molar-refractivity contribution is 6.33. The van der Waals surface area contributed by atoms with Crippen LogP contribution in [0.15, 0.2) is 48.5 Å². The maximum atomic E-state index is 12.8. The molecule has 126 valence electrons. The summed E-state index contributed by atoms with van der Waals surface area (Å²) < 4.78 is 0. The first-order chi connectivity index (χ1) is 11.5. The third-order valence-electron chi connectivity index (χ3n) is 3.77. The molecule has 0 spiro atoms. The zero-order valence-electron chi connectivity index (χ0n) is 13.1. The number of nitrogens with zero attached hydrogens (tertiary/aromatic N) is 2. The van der Waals surface area contributed by atoms with E-state index in [9.17, 15) is 20.0 Å². The number of nitro benzene ring substituents is 1. The number of non-ortho nitro benzene ring substituents is 1. The second-order valence-electron chi connectivity index (χ2n) is 5.28. The average molecular weight is 349 g/mol. The fraction of sp³-hybridized carbons (Fsp3) is 0.235. The number of hydrogen-bond acceptors (Lipinski definition) is 4. The highest BCUT2D eigenvalue weighted by Gasteiger charge is 2.25. The lowest BCUT2D eigenvalue weighted by Gasteiger charge is -2.28. The van der Waals surface area contributed by atoms with E-state index >= 15 is 0 Å². The van der Waals surface area contributed by atoms with Gasteiger partial charge in [-0.2, -0.15) is 0 Å². The smallest absolute Gasteiger partial charge is 0.270 e. The summed E-state index contributed by atoms with van der Waals surface area (Å²) in [5.41, 5.74) is 0.728. The number of aliphatic hydroxyl groups excluding tert-OH is 1. The van der Waals surface area contributed by atoms with E-state index in [0.717, 1.165) is 5.56 Å². The van der Waals surface area contributed by atoms with E-state index < -0.39 is 10.8 Å². The predicted molar refractivity (Wildman–Crippen MR) is 91.1 cm³/mol. The molecule has 1 amide bonds. The molecular formula is C17H17ClN2O4. The second-order valence-corrected chi connectivity index (χ2v) is 5.68. The van der Waals surface area contributed by atoms with Crippen molar-refractivity contribution in [2.24, 2.45) is 0 Å². The quantitative estimate of drug-likeness (QED) is 0.640. The minimum absolute atomic E-state index is 0.0623. The summed E-state index contributed by atoms with van der Waals surface area (Å²) in [4.78, 5) is 24.6. The Morgan fingerprint density at radius 1 is 1.29 bits per heavy atom. The molecule has 24 heavy (non-hydrogen) atoms. The first-order valence-electron chi connectivity index (χ1n) is 7.32. The van der Waals surface area contributed by atoms with Crippen molar-refractivity contribution < 1.29 is 14.8 Å². The van der Waals surface area contributed by atoms with Crippen molar-refractivity contribution in [3.05, 3.63) is 74.8 Å². The van der Waals surface area contributed by atoms with Gasteiger partial charge in [-0.1, -0.05) is 41.9 Å². The standard InChI is InChI=1S/C17H17ClN2O4/c1-19(16(9-10-21)12-5-3-2-4-6-12)17(22)14-11-13(20(23)24)7-8-15(14)18/h2-8,11,16,21H,9-10H2,1H3. The summed E-state index contributed by atoms with van der Waals surface area (Å²) in [7, 11) is 1.59. The Bertz CT molecular complexity index is 737. The number of hydrogen-bond donors (Lipinski definition) is 1. The van der Waals surface area contributed by atoms with E-state index in [1.807, 2.05) is 30.3 Å². The van der Waals surface area contributed by atoms with Crippen LogP contribution in [0.25, 0.3) is 0 Å². The molecule has 0 aliphatic carbocycles. The third-order valence-corrected chi connectivity index (χ3v) is 4.10. The zero-order valence-corrected chi connectivity index (χ0v) is 13.8. The molecule has 0 aromatic heterocycles. The maximum absolute atomic E-state index is 12.8. The summed E-state index contributed by atoms with van der Waals surface area (Å²) >= 11 is 6.05. The SMILES string of the molecule is CN(C(=O)c1cc([N+](=O)[O-])ccc1Cl)C(CCO)c1ccccc1.